The maximum Gasteiger partial charge on any atom is 0.344 e. The summed E-state index contributed by atoms with van der Waals surface area (Å²) in [6.45, 7) is 3.77. The molecule has 2 aromatic rings. The van der Waals surface area contributed by atoms with E-state index in [4.69, 9.17) is 9.47 Å². The van der Waals surface area contributed by atoms with Gasteiger partial charge < -0.3 is 14.8 Å². The van der Waals surface area contributed by atoms with Crippen LogP contribution in [0.1, 0.15) is 22.8 Å². The third kappa shape index (κ3) is 4.85. The van der Waals surface area contributed by atoms with E-state index in [0.717, 1.165) is 5.56 Å². The van der Waals surface area contributed by atoms with Gasteiger partial charge in [0.05, 0.1) is 6.61 Å². The predicted molar refractivity (Wildman–Crippen MR) is 87.7 cm³/mol. The standard InChI is InChI=1S/C18H19NO4/c1-3-22-17(20)12-23-15-9-6-8-14(11-15)19-18(21)16-10-5-4-7-13(16)2/h4-11H,3,12H2,1-2H3,(H,19,21). The van der Waals surface area contributed by atoms with Crippen LogP contribution in [0.4, 0.5) is 5.69 Å². The van der Waals surface area contributed by atoms with E-state index in [-0.39, 0.29) is 12.5 Å². The first-order valence-electron chi connectivity index (χ1n) is 7.35. The highest BCUT2D eigenvalue weighted by atomic mass is 16.6. The first-order chi connectivity index (χ1) is 11.1. The normalized spacial score (nSPS) is 10.0. The molecule has 2 rings (SSSR count). The summed E-state index contributed by atoms with van der Waals surface area (Å²) in [5.41, 5.74) is 2.12. The van der Waals surface area contributed by atoms with Crippen molar-refractivity contribution in [3.63, 3.8) is 0 Å². The van der Waals surface area contributed by atoms with Crippen LogP contribution >= 0.6 is 0 Å². The number of carbonyl (C=O) groups is 2. The molecule has 2 aromatic carbocycles. The van der Waals surface area contributed by atoms with E-state index in [1.165, 1.54) is 0 Å². The maximum atomic E-state index is 12.3. The summed E-state index contributed by atoms with van der Waals surface area (Å²) in [5, 5.41) is 2.82. The molecule has 0 radical (unpaired) electrons. The molecule has 0 saturated carbocycles. The molecule has 0 atom stereocenters. The SMILES string of the molecule is CCOC(=O)COc1cccc(NC(=O)c2ccccc2C)c1. The van der Waals surface area contributed by atoms with Crippen molar-refractivity contribution in [2.24, 2.45) is 0 Å². The molecule has 0 aliphatic rings. The van der Waals surface area contributed by atoms with Crippen LogP contribution in [0.3, 0.4) is 0 Å². The van der Waals surface area contributed by atoms with E-state index < -0.39 is 5.97 Å². The van der Waals surface area contributed by atoms with E-state index in [0.29, 0.717) is 23.6 Å². The Bertz CT molecular complexity index is 697. The number of carbonyl (C=O) groups excluding carboxylic acids is 2. The quantitative estimate of drug-likeness (QED) is 0.832. The van der Waals surface area contributed by atoms with E-state index >= 15 is 0 Å². The first-order valence-corrected chi connectivity index (χ1v) is 7.35. The molecule has 120 valence electrons. The van der Waals surface area contributed by atoms with Gasteiger partial charge in [0.25, 0.3) is 5.91 Å². The van der Waals surface area contributed by atoms with Gasteiger partial charge in [0.15, 0.2) is 6.61 Å². The monoisotopic (exact) mass is 313 g/mol. The molecule has 0 aliphatic heterocycles. The van der Waals surface area contributed by atoms with Gasteiger partial charge in [-0.1, -0.05) is 24.3 Å². The Balaban J connectivity index is 2.01. The fourth-order valence-corrected chi connectivity index (χ4v) is 2.03. The zero-order valence-corrected chi connectivity index (χ0v) is 13.2. The molecule has 0 fully saturated rings. The van der Waals surface area contributed by atoms with Crippen molar-refractivity contribution >= 4 is 17.6 Å². The third-order valence-corrected chi connectivity index (χ3v) is 3.14. The second-order valence-electron chi connectivity index (χ2n) is 4.89. The van der Waals surface area contributed by atoms with Gasteiger partial charge in [-0.05, 0) is 37.6 Å². The number of benzene rings is 2. The Morgan fingerprint density at radius 1 is 1.09 bits per heavy atom. The van der Waals surface area contributed by atoms with E-state index in [9.17, 15) is 9.59 Å². The zero-order valence-electron chi connectivity index (χ0n) is 13.2. The van der Waals surface area contributed by atoms with Crippen LogP contribution < -0.4 is 10.1 Å². The summed E-state index contributed by atoms with van der Waals surface area (Å²) < 4.78 is 10.1. The molecule has 0 heterocycles. The Morgan fingerprint density at radius 3 is 2.61 bits per heavy atom. The lowest BCUT2D eigenvalue weighted by molar-refractivity contribution is -0.145. The van der Waals surface area contributed by atoms with Crippen molar-refractivity contribution < 1.29 is 19.1 Å². The largest absolute Gasteiger partial charge is 0.482 e. The molecule has 0 aliphatic carbocycles. The molecule has 0 aromatic heterocycles. The van der Waals surface area contributed by atoms with Crippen LogP contribution in [0.25, 0.3) is 0 Å². The van der Waals surface area contributed by atoms with Gasteiger partial charge in [0.1, 0.15) is 5.75 Å². The first kappa shape index (κ1) is 16.5. The van der Waals surface area contributed by atoms with Gasteiger partial charge in [0, 0.05) is 17.3 Å². The van der Waals surface area contributed by atoms with Crippen LogP contribution in [0, 0.1) is 6.92 Å². The number of hydrogen-bond acceptors (Lipinski definition) is 4. The minimum atomic E-state index is -0.429. The summed E-state index contributed by atoms with van der Waals surface area (Å²) in [7, 11) is 0. The van der Waals surface area contributed by atoms with Crippen molar-refractivity contribution in [2.45, 2.75) is 13.8 Å². The van der Waals surface area contributed by atoms with Crippen LogP contribution in [0.15, 0.2) is 48.5 Å². The second kappa shape index (κ2) is 7.98. The number of ether oxygens (including phenoxy) is 2. The van der Waals surface area contributed by atoms with Crippen LogP contribution in [-0.2, 0) is 9.53 Å². The van der Waals surface area contributed by atoms with Crippen molar-refractivity contribution in [2.75, 3.05) is 18.5 Å². The smallest absolute Gasteiger partial charge is 0.344 e. The van der Waals surface area contributed by atoms with Crippen molar-refractivity contribution in [3.05, 3.63) is 59.7 Å². The summed E-state index contributed by atoms with van der Waals surface area (Å²) in [6, 6.07) is 14.2. The molecule has 0 unspecified atom stereocenters. The molecule has 23 heavy (non-hydrogen) atoms. The van der Waals surface area contributed by atoms with Gasteiger partial charge >= 0.3 is 5.97 Å². The number of esters is 1. The van der Waals surface area contributed by atoms with Gasteiger partial charge in [-0.3, -0.25) is 4.79 Å². The average Bonchev–Trinajstić information content (AvgIpc) is 2.54. The number of anilines is 1. The highest BCUT2D eigenvalue weighted by Gasteiger charge is 2.09. The number of hydrogen-bond donors (Lipinski definition) is 1. The van der Waals surface area contributed by atoms with Crippen molar-refractivity contribution in [1.29, 1.82) is 0 Å². The van der Waals surface area contributed by atoms with Gasteiger partial charge in [0.2, 0.25) is 0 Å². The Hall–Kier alpha value is -2.82. The maximum absolute atomic E-state index is 12.3. The number of aryl methyl sites for hydroxylation is 1. The fourth-order valence-electron chi connectivity index (χ4n) is 2.03. The lowest BCUT2D eigenvalue weighted by atomic mass is 10.1. The molecular weight excluding hydrogens is 294 g/mol. The van der Waals surface area contributed by atoms with E-state index in [2.05, 4.69) is 5.32 Å². The third-order valence-electron chi connectivity index (χ3n) is 3.14. The van der Waals surface area contributed by atoms with Crippen LogP contribution in [0.5, 0.6) is 5.75 Å². The number of nitrogens with one attached hydrogen (secondary N) is 1. The molecule has 1 amide bonds. The molecule has 0 spiro atoms. The number of rotatable bonds is 6. The molecule has 1 N–H and O–H groups in total. The van der Waals surface area contributed by atoms with Crippen LogP contribution in [0.2, 0.25) is 0 Å². The lowest BCUT2D eigenvalue weighted by Gasteiger charge is -2.10. The summed E-state index contributed by atoms with van der Waals surface area (Å²) in [4.78, 5) is 23.6. The highest BCUT2D eigenvalue weighted by Crippen LogP contribution is 2.19. The van der Waals surface area contributed by atoms with Gasteiger partial charge in [-0.2, -0.15) is 0 Å². The topological polar surface area (TPSA) is 64.6 Å². The van der Waals surface area contributed by atoms with Gasteiger partial charge in [-0.15, -0.1) is 0 Å². The molecular formula is C18H19NO4. The fraction of sp³-hybridized carbons (Fsp3) is 0.222. The lowest BCUT2D eigenvalue weighted by Crippen LogP contribution is -2.15. The van der Waals surface area contributed by atoms with Crippen LogP contribution in [-0.4, -0.2) is 25.1 Å². The summed E-state index contributed by atoms with van der Waals surface area (Å²) in [5.74, 6) is -0.131. The summed E-state index contributed by atoms with van der Waals surface area (Å²) >= 11 is 0. The summed E-state index contributed by atoms with van der Waals surface area (Å²) in [6.07, 6.45) is 0. The molecule has 0 saturated heterocycles. The Kier molecular flexibility index (Phi) is 5.74. The zero-order chi connectivity index (χ0) is 16.7. The second-order valence-corrected chi connectivity index (χ2v) is 4.89. The van der Waals surface area contributed by atoms with Crippen molar-refractivity contribution in [3.8, 4) is 5.75 Å². The highest BCUT2D eigenvalue weighted by molar-refractivity contribution is 6.05. The van der Waals surface area contributed by atoms with Crippen molar-refractivity contribution in [1.82, 2.24) is 0 Å². The molecule has 5 nitrogen and oxygen atoms in total. The van der Waals surface area contributed by atoms with Gasteiger partial charge in [-0.25, -0.2) is 4.79 Å². The Labute approximate surface area is 135 Å². The molecule has 0 bridgehead atoms. The minimum Gasteiger partial charge on any atom is -0.482 e. The Morgan fingerprint density at radius 2 is 1.87 bits per heavy atom. The minimum absolute atomic E-state index is 0.164. The number of amides is 1. The van der Waals surface area contributed by atoms with E-state index in [1.807, 2.05) is 25.1 Å². The average molecular weight is 313 g/mol. The van der Waals surface area contributed by atoms with E-state index in [1.54, 1.807) is 37.3 Å². The predicted octanol–water partition coefficient (Wildman–Crippen LogP) is 3.19. The molecule has 5 heteroatoms.